The molecule has 0 heterocycles. The van der Waals surface area contributed by atoms with E-state index in [1.807, 2.05) is 6.92 Å². The Hall–Kier alpha value is -0.130. The lowest BCUT2D eigenvalue weighted by molar-refractivity contribution is 0.205. The van der Waals surface area contributed by atoms with Gasteiger partial charge in [-0.05, 0) is 19.8 Å². The summed E-state index contributed by atoms with van der Waals surface area (Å²) in [4.78, 5) is 0. The van der Waals surface area contributed by atoms with Crippen LogP contribution in [0.5, 0.6) is 0 Å². The van der Waals surface area contributed by atoms with Crippen LogP contribution < -0.4 is 5.73 Å². The Balaban J connectivity index is 2.99. The van der Waals surface area contributed by atoms with Crippen molar-refractivity contribution in [1.82, 2.24) is 4.31 Å². The van der Waals surface area contributed by atoms with Crippen LogP contribution in [0.25, 0.3) is 0 Å². The highest BCUT2D eigenvalue weighted by molar-refractivity contribution is 7.89. The van der Waals surface area contributed by atoms with Gasteiger partial charge in [0.25, 0.3) is 0 Å². The van der Waals surface area contributed by atoms with Gasteiger partial charge < -0.3 is 5.73 Å². The maximum absolute atomic E-state index is 12.0. The van der Waals surface area contributed by atoms with Gasteiger partial charge in [-0.25, -0.2) is 8.42 Å². The zero-order chi connectivity index (χ0) is 11.5. The van der Waals surface area contributed by atoms with Crippen molar-refractivity contribution in [2.45, 2.75) is 45.1 Å². The summed E-state index contributed by atoms with van der Waals surface area (Å²) in [6.45, 7) is 4.56. The number of hydrogen-bond acceptors (Lipinski definition) is 3. The molecule has 4 nitrogen and oxygen atoms in total. The standard InChI is InChI=1S/C10H22N2O2S/c1-3-12(15(13,14)4-2)10(9-11)7-5-6-8-10/h3-9,11H2,1-2H3. The van der Waals surface area contributed by atoms with Crippen LogP contribution in [-0.2, 0) is 10.0 Å². The van der Waals surface area contributed by atoms with Crippen molar-refractivity contribution in [2.24, 2.45) is 5.73 Å². The third-order valence-electron chi connectivity index (χ3n) is 3.43. The predicted molar refractivity (Wildman–Crippen MR) is 62.1 cm³/mol. The Morgan fingerprint density at radius 2 is 1.80 bits per heavy atom. The number of nitrogens with two attached hydrogens (primary N) is 1. The van der Waals surface area contributed by atoms with Crippen molar-refractivity contribution in [1.29, 1.82) is 0 Å². The fourth-order valence-electron chi connectivity index (χ4n) is 2.57. The Labute approximate surface area is 92.9 Å². The van der Waals surface area contributed by atoms with Gasteiger partial charge in [-0.2, -0.15) is 4.31 Å². The number of likely N-dealkylation sites (N-methyl/N-ethyl adjacent to an activating group) is 1. The van der Waals surface area contributed by atoms with Gasteiger partial charge in [0, 0.05) is 18.6 Å². The van der Waals surface area contributed by atoms with E-state index in [2.05, 4.69) is 0 Å². The molecule has 0 radical (unpaired) electrons. The molecule has 90 valence electrons. The highest BCUT2D eigenvalue weighted by Crippen LogP contribution is 2.36. The molecule has 0 aromatic rings. The van der Waals surface area contributed by atoms with Crippen LogP contribution in [0.15, 0.2) is 0 Å². The van der Waals surface area contributed by atoms with E-state index in [1.54, 1.807) is 11.2 Å². The van der Waals surface area contributed by atoms with Gasteiger partial charge in [0.15, 0.2) is 0 Å². The van der Waals surface area contributed by atoms with Gasteiger partial charge in [0.05, 0.1) is 5.75 Å². The molecule has 1 rings (SSSR count). The maximum atomic E-state index is 12.0. The van der Waals surface area contributed by atoms with Gasteiger partial charge in [-0.3, -0.25) is 0 Å². The highest BCUT2D eigenvalue weighted by atomic mass is 32.2. The summed E-state index contributed by atoms with van der Waals surface area (Å²) in [5, 5.41) is 0. The molecule has 0 amide bonds. The van der Waals surface area contributed by atoms with E-state index >= 15 is 0 Å². The van der Waals surface area contributed by atoms with Crippen LogP contribution in [0, 0.1) is 0 Å². The van der Waals surface area contributed by atoms with Crippen molar-refractivity contribution >= 4 is 10.0 Å². The predicted octanol–water partition coefficient (Wildman–Crippen LogP) is 0.929. The lowest BCUT2D eigenvalue weighted by atomic mass is 9.98. The summed E-state index contributed by atoms with van der Waals surface area (Å²) in [7, 11) is -3.11. The second-order valence-corrected chi connectivity index (χ2v) is 6.38. The molecule has 1 aliphatic carbocycles. The molecule has 1 fully saturated rings. The van der Waals surface area contributed by atoms with Crippen LogP contribution in [0.4, 0.5) is 0 Å². The van der Waals surface area contributed by atoms with Crippen molar-refractivity contribution in [3.8, 4) is 0 Å². The second-order valence-electron chi connectivity index (χ2n) is 4.20. The second kappa shape index (κ2) is 4.80. The smallest absolute Gasteiger partial charge is 0.214 e. The molecule has 1 aliphatic rings. The molecule has 15 heavy (non-hydrogen) atoms. The fourth-order valence-corrected chi connectivity index (χ4v) is 4.12. The number of rotatable bonds is 5. The first kappa shape index (κ1) is 12.9. The van der Waals surface area contributed by atoms with Crippen molar-refractivity contribution in [3.63, 3.8) is 0 Å². The Morgan fingerprint density at radius 1 is 1.27 bits per heavy atom. The number of hydrogen-bond donors (Lipinski definition) is 1. The van der Waals surface area contributed by atoms with E-state index in [-0.39, 0.29) is 11.3 Å². The zero-order valence-corrected chi connectivity index (χ0v) is 10.5. The van der Waals surface area contributed by atoms with Gasteiger partial charge >= 0.3 is 0 Å². The Bertz CT molecular complexity index is 295. The first-order valence-corrected chi connectivity index (χ1v) is 7.34. The zero-order valence-electron chi connectivity index (χ0n) is 9.70. The van der Waals surface area contributed by atoms with Crippen LogP contribution in [0.1, 0.15) is 39.5 Å². The minimum absolute atomic E-state index is 0.169. The molecule has 0 aliphatic heterocycles. The summed E-state index contributed by atoms with van der Waals surface area (Å²) in [6.07, 6.45) is 4.01. The van der Waals surface area contributed by atoms with Crippen molar-refractivity contribution in [2.75, 3.05) is 18.8 Å². The average molecular weight is 234 g/mol. The SMILES string of the molecule is CCN(C1(CN)CCCC1)S(=O)(=O)CC. The van der Waals surface area contributed by atoms with Gasteiger partial charge in [0.1, 0.15) is 0 Å². The average Bonchev–Trinajstić information content (AvgIpc) is 2.68. The first-order valence-electron chi connectivity index (χ1n) is 5.73. The first-order chi connectivity index (χ1) is 7.02. The normalized spacial score (nSPS) is 21.1. The minimum Gasteiger partial charge on any atom is -0.329 e. The molecular weight excluding hydrogens is 212 g/mol. The van der Waals surface area contributed by atoms with E-state index in [9.17, 15) is 8.42 Å². The van der Waals surface area contributed by atoms with Gasteiger partial charge in [-0.15, -0.1) is 0 Å². The molecule has 0 aromatic carbocycles. The van der Waals surface area contributed by atoms with Gasteiger partial charge in [0.2, 0.25) is 10.0 Å². The van der Waals surface area contributed by atoms with Crippen molar-refractivity contribution < 1.29 is 8.42 Å². The summed E-state index contributed by atoms with van der Waals surface area (Å²) in [5.74, 6) is 0.169. The highest BCUT2D eigenvalue weighted by Gasteiger charge is 2.42. The van der Waals surface area contributed by atoms with E-state index in [0.717, 1.165) is 25.7 Å². The monoisotopic (exact) mass is 234 g/mol. The third-order valence-corrected chi connectivity index (χ3v) is 5.48. The van der Waals surface area contributed by atoms with Gasteiger partial charge in [-0.1, -0.05) is 19.8 Å². The van der Waals surface area contributed by atoms with Crippen LogP contribution in [-0.4, -0.2) is 37.1 Å². The Kier molecular flexibility index (Phi) is 4.14. The molecule has 1 saturated carbocycles. The minimum atomic E-state index is -3.11. The van der Waals surface area contributed by atoms with E-state index in [4.69, 9.17) is 5.73 Å². The van der Waals surface area contributed by atoms with E-state index in [1.165, 1.54) is 0 Å². The van der Waals surface area contributed by atoms with Crippen LogP contribution in [0.3, 0.4) is 0 Å². The maximum Gasteiger partial charge on any atom is 0.214 e. The van der Waals surface area contributed by atoms with E-state index in [0.29, 0.717) is 13.1 Å². The summed E-state index contributed by atoms with van der Waals surface area (Å²) < 4.78 is 25.5. The third kappa shape index (κ3) is 2.34. The molecule has 0 bridgehead atoms. The largest absolute Gasteiger partial charge is 0.329 e. The molecular formula is C10H22N2O2S. The summed E-state index contributed by atoms with van der Waals surface area (Å²) >= 11 is 0. The quantitative estimate of drug-likeness (QED) is 0.769. The van der Waals surface area contributed by atoms with Crippen LogP contribution in [0.2, 0.25) is 0 Å². The molecule has 0 saturated heterocycles. The Morgan fingerprint density at radius 3 is 2.13 bits per heavy atom. The fraction of sp³-hybridized carbons (Fsp3) is 1.00. The lowest BCUT2D eigenvalue weighted by Gasteiger charge is -2.38. The molecule has 2 N–H and O–H groups in total. The number of sulfonamides is 1. The summed E-state index contributed by atoms with van der Waals surface area (Å²) in [5.41, 5.74) is 5.50. The molecule has 0 aromatic heterocycles. The van der Waals surface area contributed by atoms with Crippen molar-refractivity contribution in [3.05, 3.63) is 0 Å². The molecule has 0 unspecified atom stereocenters. The molecule has 0 spiro atoms. The topological polar surface area (TPSA) is 63.4 Å². The molecule has 0 atom stereocenters. The lowest BCUT2D eigenvalue weighted by Crippen LogP contribution is -2.54. The molecule has 5 heteroatoms. The number of nitrogens with zero attached hydrogens (tertiary/aromatic N) is 1. The summed E-state index contributed by atoms with van der Waals surface area (Å²) in [6, 6.07) is 0. The van der Waals surface area contributed by atoms with Crippen LogP contribution >= 0.6 is 0 Å². The van der Waals surface area contributed by atoms with E-state index < -0.39 is 10.0 Å².